The number of carbonyl (C=O) groups is 1. The van der Waals surface area contributed by atoms with Crippen LogP contribution in [-0.2, 0) is 11.3 Å². The maximum absolute atomic E-state index is 12.5. The first-order valence-corrected chi connectivity index (χ1v) is 8.74. The van der Waals surface area contributed by atoms with E-state index in [0.29, 0.717) is 16.4 Å². The van der Waals surface area contributed by atoms with E-state index < -0.39 is 0 Å². The Morgan fingerprint density at radius 3 is 2.78 bits per heavy atom. The normalized spacial score (nSPS) is 17.2. The molecule has 1 saturated heterocycles. The van der Waals surface area contributed by atoms with Crippen molar-refractivity contribution in [2.45, 2.75) is 46.2 Å². The van der Waals surface area contributed by atoms with Gasteiger partial charge in [0, 0.05) is 32.2 Å². The van der Waals surface area contributed by atoms with Gasteiger partial charge in [-0.25, -0.2) is 0 Å². The summed E-state index contributed by atoms with van der Waals surface area (Å²) < 4.78 is 7.06. The smallest absolute Gasteiger partial charge is 0.256 e. The molecule has 0 saturated carbocycles. The lowest BCUT2D eigenvalue weighted by Gasteiger charge is -2.29. The summed E-state index contributed by atoms with van der Waals surface area (Å²) >= 11 is 6.35. The summed E-state index contributed by atoms with van der Waals surface area (Å²) in [7, 11) is 0. The van der Waals surface area contributed by atoms with Crippen LogP contribution in [0.5, 0.6) is 0 Å². The lowest BCUT2D eigenvalue weighted by atomic mass is 10.2. The van der Waals surface area contributed by atoms with E-state index in [4.69, 9.17) is 16.3 Å². The van der Waals surface area contributed by atoms with Crippen molar-refractivity contribution < 1.29 is 9.53 Å². The quantitative estimate of drug-likeness (QED) is 0.824. The van der Waals surface area contributed by atoms with E-state index in [1.54, 1.807) is 4.68 Å². The lowest BCUT2D eigenvalue weighted by molar-refractivity contribution is 0.0342. The summed E-state index contributed by atoms with van der Waals surface area (Å²) in [5.74, 6) is -0.143. The second kappa shape index (κ2) is 8.66. The minimum absolute atomic E-state index is 0.0510. The van der Waals surface area contributed by atoms with Gasteiger partial charge in [-0.3, -0.25) is 14.4 Å². The van der Waals surface area contributed by atoms with Crippen LogP contribution in [0.3, 0.4) is 0 Å². The summed E-state index contributed by atoms with van der Waals surface area (Å²) in [5, 5.41) is 7.86. The maximum Gasteiger partial charge on any atom is 0.256 e. The summed E-state index contributed by atoms with van der Waals surface area (Å²) in [6, 6.07) is 0.0510. The Labute approximate surface area is 143 Å². The van der Waals surface area contributed by atoms with Crippen molar-refractivity contribution in [2.75, 3.05) is 32.8 Å². The molecule has 1 aliphatic rings. The topological polar surface area (TPSA) is 59.4 Å². The predicted octanol–water partition coefficient (Wildman–Crippen LogP) is 2.10. The largest absolute Gasteiger partial charge is 0.379 e. The van der Waals surface area contributed by atoms with Crippen LogP contribution in [0, 0.1) is 6.92 Å². The molecule has 1 fully saturated rings. The average Bonchev–Trinajstić information content (AvgIpc) is 2.80. The molecular weight excluding hydrogens is 316 g/mol. The van der Waals surface area contributed by atoms with Gasteiger partial charge in [-0.1, -0.05) is 24.9 Å². The van der Waals surface area contributed by atoms with E-state index in [1.807, 2.05) is 13.8 Å². The van der Waals surface area contributed by atoms with Gasteiger partial charge in [0.15, 0.2) is 0 Å². The predicted molar refractivity (Wildman–Crippen MR) is 91.1 cm³/mol. The van der Waals surface area contributed by atoms with Gasteiger partial charge >= 0.3 is 0 Å². The fourth-order valence-electron chi connectivity index (χ4n) is 2.78. The number of rotatable bonds is 7. The molecule has 0 aromatic carbocycles. The van der Waals surface area contributed by atoms with Crippen molar-refractivity contribution in [1.29, 1.82) is 0 Å². The Morgan fingerprint density at radius 2 is 2.13 bits per heavy atom. The van der Waals surface area contributed by atoms with Crippen LogP contribution >= 0.6 is 11.6 Å². The molecular formula is C16H27ClN4O2. The van der Waals surface area contributed by atoms with Crippen LogP contribution in [0.1, 0.15) is 42.7 Å². The zero-order chi connectivity index (χ0) is 16.8. The van der Waals surface area contributed by atoms with E-state index in [-0.39, 0.29) is 11.9 Å². The highest BCUT2D eigenvalue weighted by molar-refractivity contribution is 6.33. The third kappa shape index (κ3) is 4.93. The molecule has 1 aliphatic heterocycles. The number of aromatic nitrogens is 2. The van der Waals surface area contributed by atoms with E-state index >= 15 is 0 Å². The van der Waals surface area contributed by atoms with Crippen molar-refractivity contribution in [1.82, 2.24) is 20.0 Å². The second-order valence-corrected chi connectivity index (χ2v) is 6.47. The molecule has 0 aliphatic carbocycles. The van der Waals surface area contributed by atoms with Crippen molar-refractivity contribution >= 4 is 17.5 Å². The molecule has 1 atom stereocenters. The first kappa shape index (κ1) is 18.2. The highest BCUT2D eigenvalue weighted by atomic mass is 35.5. The van der Waals surface area contributed by atoms with Gasteiger partial charge in [0.05, 0.1) is 24.5 Å². The molecule has 7 heteroatoms. The van der Waals surface area contributed by atoms with E-state index in [9.17, 15) is 4.79 Å². The Hall–Kier alpha value is -1.11. The number of amides is 1. The number of halogens is 1. The molecule has 1 amide bonds. The molecule has 2 heterocycles. The number of nitrogens with zero attached hydrogens (tertiary/aromatic N) is 3. The van der Waals surface area contributed by atoms with Crippen molar-refractivity contribution in [3.05, 3.63) is 16.4 Å². The molecule has 1 N–H and O–H groups in total. The van der Waals surface area contributed by atoms with E-state index in [0.717, 1.165) is 52.2 Å². The van der Waals surface area contributed by atoms with E-state index in [1.165, 1.54) is 0 Å². The SMILES string of the molecule is CCCCn1nc(C)c(C(=O)N[C@H](C)CN2CCOCC2)c1Cl. The van der Waals surface area contributed by atoms with Crippen molar-refractivity contribution in [3.8, 4) is 0 Å². The first-order chi connectivity index (χ1) is 11.0. The molecule has 1 aromatic heterocycles. The highest BCUT2D eigenvalue weighted by Crippen LogP contribution is 2.20. The third-order valence-corrected chi connectivity index (χ3v) is 4.41. The molecule has 0 bridgehead atoms. The van der Waals surface area contributed by atoms with Gasteiger partial charge in [0.2, 0.25) is 0 Å². The van der Waals surface area contributed by atoms with Crippen molar-refractivity contribution in [2.24, 2.45) is 0 Å². The van der Waals surface area contributed by atoms with Gasteiger partial charge in [-0.15, -0.1) is 0 Å². The van der Waals surface area contributed by atoms with Gasteiger partial charge in [0.25, 0.3) is 5.91 Å². The van der Waals surface area contributed by atoms with Crippen LogP contribution in [0.2, 0.25) is 5.15 Å². The first-order valence-electron chi connectivity index (χ1n) is 8.36. The Balaban J connectivity index is 1.95. The van der Waals surface area contributed by atoms with Crippen LogP contribution in [0.4, 0.5) is 0 Å². The fraction of sp³-hybridized carbons (Fsp3) is 0.750. The number of unbranched alkanes of at least 4 members (excludes halogenated alkanes) is 1. The Kier molecular flexibility index (Phi) is 6.87. The number of nitrogens with one attached hydrogen (secondary N) is 1. The van der Waals surface area contributed by atoms with Crippen molar-refractivity contribution in [3.63, 3.8) is 0 Å². The number of ether oxygens (including phenoxy) is 1. The molecule has 6 nitrogen and oxygen atoms in total. The highest BCUT2D eigenvalue weighted by Gasteiger charge is 2.22. The minimum atomic E-state index is -0.143. The van der Waals surface area contributed by atoms with Gasteiger partial charge < -0.3 is 10.1 Å². The standard InChI is InChI=1S/C16H27ClN4O2/c1-4-5-6-21-15(17)14(13(3)19-21)16(22)18-12(2)11-20-7-9-23-10-8-20/h12H,4-11H2,1-3H3,(H,18,22)/t12-/m1/s1. The zero-order valence-electron chi connectivity index (χ0n) is 14.3. The number of hydrogen-bond donors (Lipinski definition) is 1. The van der Waals surface area contributed by atoms with Crippen LogP contribution in [0.15, 0.2) is 0 Å². The summed E-state index contributed by atoms with van der Waals surface area (Å²) in [6.07, 6.45) is 2.06. The van der Waals surface area contributed by atoms with Gasteiger partial charge in [-0.2, -0.15) is 5.10 Å². The second-order valence-electron chi connectivity index (χ2n) is 6.12. The Bertz CT molecular complexity index is 526. The lowest BCUT2D eigenvalue weighted by Crippen LogP contribution is -2.46. The molecule has 0 radical (unpaired) electrons. The summed E-state index contributed by atoms with van der Waals surface area (Å²) in [6.45, 7) is 10.9. The van der Waals surface area contributed by atoms with Crippen LogP contribution in [0.25, 0.3) is 0 Å². The molecule has 0 unspecified atom stereocenters. The van der Waals surface area contributed by atoms with Gasteiger partial charge in [-0.05, 0) is 20.3 Å². The minimum Gasteiger partial charge on any atom is -0.379 e. The van der Waals surface area contributed by atoms with Crippen LogP contribution < -0.4 is 5.32 Å². The molecule has 1 aromatic rings. The number of carbonyl (C=O) groups excluding carboxylic acids is 1. The number of hydrogen-bond acceptors (Lipinski definition) is 4. The van der Waals surface area contributed by atoms with E-state index in [2.05, 4.69) is 22.2 Å². The average molecular weight is 343 g/mol. The number of aryl methyl sites for hydroxylation is 2. The van der Waals surface area contributed by atoms with Crippen LogP contribution in [-0.4, -0.2) is 59.5 Å². The Morgan fingerprint density at radius 1 is 1.43 bits per heavy atom. The molecule has 130 valence electrons. The zero-order valence-corrected chi connectivity index (χ0v) is 15.0. The molecule has 0 spiro atoms. The summed E-state index contributed by atoms with van der Waals surface area (Å²) in [4.78, 5) is 14.8. The number of morpholine rings is 1. The monoisotopic (exact) mass is 342 g/mol. The molecule has 23 heavy (non-hydrogen) atoms. The maximum atomic E-state index is 12.5. The third-order valence-electron chi connectivity index (χ3n) is 4.03. The summed E-state index contributed by atoms with van der Waals surface area (Å²) in [5.41, 5.74) is 1.18. The van der Waals surface area contributed by atoms with Gasteiger partial charge in [0.1, 0.15) is 5.15 Å². The molecule has 2 rings (SSSR count). The fourth-order valence-corrected chi connectivity index (χ4v) is 3.12.